The number of para-hydroxylation sites is 1. The van der Waals surface area contributed by atoms with Gasteiger partial charge in [-0.25, -0.2) is 0 Å². The van der Waals surface area contributed by atoms with Crippen LogP contribution in [-0.4, -0.2) is 60.1 Å². The molecule has 0 bridgehead atoms. The lowest BCUT2D eigenvalue weighted by molar-refractivity contribution is -0.114. The zero-order chi connectivity index (χ0) is 22.2. The Labute approximate surface area is 187 Å². The molecule has 1 amide bonds. The molecule has 0 aliphatic carbocycles. The van der Waals surface area contributed by atoms with Crippen molar-refractivity contribution in [2.24, 2.45) is 0 Å². The second-order valence-electron chi connectivity index (χ2n) is 7.89. The van der Waals surface area contributed by atoms with Crippen LogP contribution in [0.4, 0.5) is 11.4 Å². The van der Waals surface area contributed by atoms with E-state index in [9.17, 15) is 14.1 Å². The van der Waals surface area contributed by atoms with Crippen LogP contribution in [0.5, 0.6) is 0 Å². The number of nitrogens with zero attached hydrogens (tertiary/aromatic N) is 2. The van der Waals surface area contributed by atoms with Gasteiger partial charge in [-0.15, -0.1) is 0 Å². The third kappa shape index (κ3) is 6.82. The van der Waals surface area contributed by atoms with E-state index in [1.165, 1.54) is 12.6 Å². The first-order valence-corrected chi connectivity index (χ1v) is 12.3. The highest BCUT2D eigenvalue weighted by atomic mass is 32.2. The molecule has 2 aromatic rings. The van der Waals surface area contributed by atoms with Crippen LogP contribution >= 0.6 is 0 Å². The fourth-order valence-corrected chi connectivity index (χ4v) is 4.55. The molecule has 1 aliphatic rings. The van der Waals surface area contributed by atoms with Gasteiger partial charge in [-0.2, -0.15) is 0 Å². The average Bonchev–Trinajstić information content (AvgIpc) is 2.77. The van der Waals surface area contributed by atoms with E-state index < -0.39 is 11.2 Å². The van der Waals surface area contributed by atoms with Gasteiger partial charge in [0, 0.05) is 50.8 Å². The quantitative estimate of drug-likeness (QED) is 0.366. The van der Waals surface area contributed by atoms with E-state index >= 15 is 0 Å². The molecular weight excluding hydrogens is 410 g/mol. The molecule has 0 radical (unpaired) electrons. The van der Waals surface area contributed by atoms with Crippen LogP contribution < -0.4 is 10.2 Å². The average molecular weight is 442 g/mol. The van der Waals surface area contributed by atoms with Gasteiger partial charge in [0.25, 0.3) is 0 Å². The number of benzene rings is 2. The van der Waals surface area contributed by atoms with Crippen LogP contribution in [0.25, 0.3) is 0 Å². The normalized spacial score (nSPS) is 15.5. The van der Waals surface area contributed by atoms with Crippen molar-refractivity contribution in [2.45, 2.75) is 31.1 Å². The summed E-state index contributed by atoms with van der Waals surface area (Å²) in [6.45, 7) is 6.54. The van der Waals surface area contributed by atoms with Crippen molar-refractivity contribution >= 4 is 34.2 Å². The Bertz CT molecular complexity index is 881. The first-order chi connectivity index (χ1) is 14.9. The molecule has 1 N–H and O–H groups in total. The molecule has 1 fully saturated rings. The van der Waals surface area contributed by atoms with Gasteiger partial charge in [-0.1, -0.05) is 18.2 Å². The first-order valence-electron chi connectivity index (χ1n) is 10.7. The van der Waals surface area contributed by atoms with Crippen LogP contribution in [0.2, 0.25) is 0 Å². The standard InChI is InChI=1S/C24H31N3O3S/c1-19(28)25-22-18-20(11-12-24(22)31(2)30)23(29)10-6-7-13-26-14-16-27(17-15-26)21-8-4-3-5-9-21/h3-5,8-9,11-12,18H,6-7,10,13-17H2,1-2H3,(H,25,28). The summed E-state index contributed by atoms with van der Waals surface area (Å²) < 4.78 is 11.9. The Morgan fingerprint density at radius 2 is 1.74 bits per heavy atom. The molecule has 31 heavy (non-hydrogen) atoms. The Kier molecular flexibility index (Phi) is 8.51. The van der Waals surface area contributed by atoms with E-state index in [-0.39, 0.29) is 11.7 Å². The Morgan fingerprint density at radius 1 is 1.03 bits per heavy atom. The van der Waals surface area contributed by atoms with Crippen LogP contribution in [0.15, 0.2) is 53.4 Å². The zero-order valence-electron chi connectivity index (χ0n) is 18.3. The van der Waals surface area contributed by atoms with Crippen molar-refractivity contribution < 1.29 is 14.1 Å². The first kappa shape index (κ1) is 23.3. The SMILES string of the molecule is CC(=O)Nc1cc(C(=O)CCCCN2CCN(c3ccccc3)CC2)ccc1[S+](C)[O-]. The fraction of sp³-hybridized carbons (Fsp3) is 0.417. The number of carbonyl (C=O) groups is 2. The summed E-state index contributed by atoms with van der Waals surface area (Å²) in [7, 11) is 0. The van der Waals surface area contributed by atoms with E-state index in [2.05, 4.69) is 39.4 Å². The maximum Gasteiger partial charge on any atom is 0.221 e. The molecule has 7 heteroatoms. The van der Waals surface area contributed by atoms with Gasteiger partial charge in [0.1, 0.15) is 6.26 Å². The third-order valence-corrected chi connectivity index (χ3v) is 6.52. The summed E-state index contributed by atoms with van der Waals surface area (Å²) in [5.74, 6) is -0.197. The summed E-state index contributed by atoms with van der Waals surface area (Å²) >= 11 is -1.24. The van der Waals surface area contributed by atoms with E-state index in [0.29, 0.717) is 22.6 Å². The van der Waals surface area contributed by atoms with Gasteiger partial charge in [0.2, 0.25) is 5.91 Å². The second kappa shape index (κ2) is 11.3. The van der Waals surface area contributed by atoms with Gasteiger partial charge in [-0.3, -0.25) is 14.5 Å². The molecule has 1 saturated heterocycles. The lowest BCUT2D eigenvalue weighted by Gasteiger charge is -2.36. The van der Waals surface area contributed by atoms with Gasteiger partial charge in [0.15, 0.2) is 10.7 Å². The van der Waals surface area contributed by atoms with Gasteiger partial charge >= 0.3 is 0 Å². The zero-order valence-corrected chi connectivity index (χ0v) is 19.1. The highest BCUT2D eigenvalue weighted by Gasteiger charge is 2.18. The number of anilines is 2. The molecule has 0 spiro atoms. The molecule has 3 rings (SSSR count). The summed E-state index contributed by atoms with van der Waals surface area (Å²) in [4.78, 5) is 29.4. The lowest BCUT2D eigenvalue weighted by atomic mass is 10.0. The van der Waals surface area contributed by atoms with E-state index in [4.69, 9.17) is 0 Å². The number of carbonyl (C=O) groups excluding carboxylic acids is 2. The molecular formula is C24H31N3O3S. The summed E-state index contributed by atoms with van der Waals surface area (Å²) in [6, 6.07) is 15.5. The number of unbranched alkanes of at least 4 members (excludes halogenated alkanes) is 1. The molecule has 1 heterocycles. The number of ketones is 1. The number of hydrogen-bond acceptors (Lipinski definition) is 5. The smallest absolute Gasteiger partial charge is 0.221 e. The summed E-state index contributed by atoms with van der Waals surface area (Å²) in [5.41, 5.74) is 2.29. The highest BCUT2D eigenvalue weighted by Crippen LogP contribution is 2.24. The second-order valence-corrected chi connectivity index (χ2v) is 9.24. The van der Waals surface area contributed by atoms with Crippen LogP contribution in [0.1, 0.15) is 36.5 Å². The van der Waals surface area contributed by atoms with Crippen molar-refractivity contribution in [2.75, 3.05) is 49.2 Å². The van der Waals surface area contributed by atoms with Crippen LogP contribution in [0.3, 0.4) is 0 Å². The maximum absolute atomic E-state index is 12.6. The van der Waals surface area contributed by atoms with Crippen molar-refractivity contribution in [1.82, 2.24) is 4.90 Å². The third-order valence-electron chi connectivity index (χ3n) is 5.54. The number of piperazine rings is 1. The van der Waals surface area contributed by atoms with E-state index in [0.717, 1.165) is 45.6 Å². The minimum Gasteiger partial charge on any atom is -0.612 e. The predicted molar refractivity (Wildman–Crippen MR) is 126 cm³/mol. The van der Waals surface area contributed by atoms with Gasteiger partial charge < -0.3 is 14.8 Å². The summed E-state index contributed by atoms with van der Waals surface area (Å²) in [6.07, 6.45) is 3.83. The molecule has 1 aliphatic heterocycles. The van der Waals surface area contributed by atoms with Gasteiger partial charge in [-0.05, 0) is 60.9 Å². The highest BCUT2D eigenvalue weighted by molar-refractivity contribution is 7.90. The molecule has 6 nitrogen and oxygen atoms in total. The van der Waals surface area contributed by atoms with Crippen LogP contribution in [0, 0.1) is 0 Å². The molecule has 2 aromatic carbocycles. The molecule has 1 atom stereocenters. The van der Waals surface area contributed by atoms with Crippen LogP contribution in [-0.2, 0) is 16.0 Å². The largest absolute Gasteiger partial charge is 0.612 e. The summed E-state index contributed by atoms with van der Waals surface area (Å²) in [5, 5.41) is 2.68. The van der Waals surface area contributed by atoms with Crippen molar-refractivity contribution in [1.29, 1.82) is 0 Å². The van der Waals surface area contributed by atoms with Gasteiger partial charge in [0.05, 0.1) is 5.69 Å². The van der Waals surface area contributed by atoms with E-state index in [1.54, 1.807) is 24.5 Å². The molecule has 0 saturated carbocycles. The minimum atomic E-state index is -1.24. The lowest BCUT2D eigenvalue weighted by Crippen LogP contribution is -2.46. The topological polar surface area (TPSA) is 75.7 Å². The Balaban J connectivity index is 1.43. The number of rotatable bonds is 9. The minimum absolute atomic E-state index is 0.0499. The number of hydrogen-bond donors (Lipinski definition) is 1. The monoisotopic (exact) mass is 441 g/mol. The van der Waals surface area contributed by atoms with Crippen molar-refractivity contribution in [3.05, 3.63) is 54.1 Å². The predicted octanol–water partition coefficient (Wildman–Crippen LogP) is 3.56. The Morgan fingerprint density at radius 3 is 2.39 bits per heavy atom. The van der Waals surface area contributed by atoms with E-state index in [1.807, 2.05) is 6.07 Å². The molecule has 0 aromatic heterocycles. The Hall–Kier alpha value is -2.35. The maximum atomic E-state index is 12.6. The number of nitrogens with one attached hydrogen (secondary N) is 1. The molecule has 1 unspecified atom stereocenters. The molecule has 166 valence electrons. The number of amides is 1. The van der Waals surface area contributed by atoms with Crippen molar-refractivity contribution in [3.63, 3.8) is 0 Å². The fourth-order valence-electron chi connectivity index (χ4n) is 3.88. The number of Topliss-reactive ketones (excluding diaryl/α,β-unsaturated/α-hetero) is 1. The van der Waals surface area contributed by atoms with Crippen molar-refractivity contribution in [3.8, 4) is 0 Å².